The first kappa shape index (κ1) is 34.8. The van der Waals surface area contributed by atoms with Crippen LogP contribution in [0, 0.1) is 50.1 Å². The molecule has 0 saturated heterocycles. The Morgan fingerprint density at radius 3 is 1.97 bits per heavy atom. The smallest absolute Gasteiger partial charge is 0.748 e. The van der Waals surface area contributed by atoms with Gasteiger partial charge in [0.2, 0.25) is 6.67 Å². The third kappa shape index (κ3) is 22.2. The molecule has 29 heavy (non-hydrogen) atoms. The molecule has 0 amide bonds. The Labute approximate surface area is 247 Å². The molecular formula is C18H25CsN2O6RuS. The SMILES string of the molecule is CN1[C]N(CCCS(=O)(=O)[O-])C=C1.C[C]1[CH][CH][C](C(C)C)[CH][CH]1.O=C([O-])[O-].[Cs+].[Ru+2]. The Kier molecular flexibility index (Phi) is 22.5. The van der Waals surface area contributed by atoms with Gasteiger partial charge in [0.05, 0.1) is 10.1 Å². The molecule has 1 saturated carbocycles. The van der Waals surface area contributed by atoms with Gasteiger partial charge in [-0.25, -0.2) is 8.42 Å². The van der Waals surface area contributed by atoms with Crippen LogP contribution in [0.3, 0.4) is 0 Å². The minimum absolute atomic E-state index is 0. The van der Waals surface area contributed by atoms with Crippen molar-refractivity contribution in [2.45, 2.75) is 27.2 Å². The van der Waals surface area contributed by atoms with Gasteiger partial charge in [-0.15, -0.1) is 0 Å². The normalized spacial score (nSPS) is 16.8. The Morgan fingerprint density at radius 2 is 1.62 bits per heavy atom. The van der Waals surface area contributed by atoms with Crippen LogP contribution in [0.1, 0.15) is 27.2 Å². The van der Waals surface area contributed by atoms with Crippen LogP contribution in [0.5, 0.6) is 0 Å². The fraction of sp³-hybridized carbons (Fsp3) is 0.444. The maximum atomic E-state index is 10.2. The first-order chi connectivity index (χ1) is 12.4. The quantitative estimate of drug-likeness (QED) is 0.230. The summed E-state index contributed by atoms with van der Waals surface area (Å²) in [5, 5.41) is 16.7. The van der Waals surface area contributed by atoms with Crippen molar-refractivity contribution in [1.82, 2.24) is 9.80 Å². The predicted molar refractivity (Wildman–Crippen MR) is 95.6 cm³/mol. The molecule has 0 spiro atoms. The van der Waals surface area contributed by atoms with Gasteiger partial charge in [0.25, 0.3) is 0 Å². The van der Waals surface area contributed by atoms with Crippen LogP contribution < -0.4 is 79.1 Å². The molecule has 0 aromatic rings. The summed E-state index contributed by atoms with van der Waals surface area (Å²) in [6.07, 6.45) is 10.3. The molecule has 8 radical (unpaired) electrons. The van der Waals surface area contributed by atoms with Crippen LogP contribution >= 0.6 is 0 Å². The topological polar surface area (TPSA) is 127 Å². The predicted octanol–water partition coefficient (Wildman–Crippen LogP) is -3.17. The van der Waals surface area contributed by atoms with E-state index in [4.69, 9.17) is 15.0 Å². The van der Waals surface area contributed by atoms with E-state index < -0.39 is 16.3 Å². The number of carbonyl (C=O) groups excluding carboxylic acids is 1. The molecule has 0 atom stereocenters. The minimum Gasteiger partial charge on any atom is -0.748 e. The number of carboxylic acid groups (broad SMARTS) is 2. The summed E-state index contributed by atoms with van der Waals surface area (Å²) in [5.74, 6) is 3.10. The first-order valence-corrected chi connectivity index (χ1v) is 9.80. The molecule has 8 nitrogen and oxygen atoms in total. The van der Waals surface area contributed by atoms with E-state index in [-0.39, 0.29) is 94.1 Å². The largest absolute Gasteiger partial charge is 2.00 e. The van der Waals surface area contributed by atoms with E-state index >= 15 is 0 Å². The van der Waals surface area contributed by atoms with Crippen LogP contribution in [-0.4, -0.2) is 48.3 Å². The first-order valence-electron chi connectivity index (χ1n) is 8.23. The number of hydrogen-bond donors (Lipinski definition) is 0. The van der Waals surface area contributed by atoms with Gasteiger partial charge in [0.15, 0.2) is 0 Å². The van der Waals surface area contributed by atoms with E-state index in [9.17, 15) is 13.0 Å². The standard InChI is InChI=1S/C10H14.C7H12N2O3S.CH2O3.Cs.Ru/c1-8(2)10-6-4-9(3)5-7-10;1-8-4-5-9(7-8)3-2-6-13(10,11)12;2-1(3)4;;/h4-8H,1-3H3;4-5H,2-3,6H2,1H3,(H,10,11,12);(H2,2,3,4);;/q;;;+1;+2/p-3. The maximum Gasteiger partial charge on any atom is 2.00 e. The molecule has 1 aliphatic heterocycles. The number of rotatable bonds is 5. The van der Waals surface area contributed by atoms with Gasteiger partial charge in [0, 0.05) is 31.7 Å². The second-order valence-corrected chi connectivity index (χ2v) is 7.66. The number of nitrogens with zero attached hydrogens (tertiary/aromatic N) is 2. The van der Waals surface area contributed by atoms with Crippen molar-refractivity contribution in [3.63, 3.8) is 0 Å². The van der Waals surface area contributed by atoms with Gasteiger partial charge in [-0.3, -0.25) is 0 Å². The second-order valence-electron chi connectivity index (χ2n) is 6.13. The summed E-state index contributed by atoms with van der Waals surface area (Å²) in [4.78, 5) is 11.8. The van der Waals surface area contributed by atoms with Crippen molar-refractivity contribution in [1.29, 1.82) is 0 Å². The van der Waals surface area contributed by atoms with Crippen LogP contribution in [0.25, 0.3) is 0 Å². The minimum atomic E-state index is -4.07. The molecule has 0 unspecified atom stereocenters. The fourth-order valence-electron chi connectivity index (χ4n) is 1.94. The summed E-state index contributed by atoms with van der Waals surface area (Å²) in [5.41, 5.74) is 0. The van der Waals surface area contributed by atoms with E-state index in [1.165, 1.54) is 11.8 Å². The fourth-order valence-corrected chi connectivity index (χ4v) is 2.42. The zero-order valence-corrected chi connectivity index (χ0v) is 26.1. The van der Waals surface area contributed by atoms with Crippen LogP contribution in [0.15, 0.2) is 12.4 Å². The molecule has 1 heterocycles. The van der Waals surface area contributed by atoms with E-state index in [2.05, 4.69) is 53.1 Å². The van der Waals surface area contributed by atoms with E-state index in [0.717, 1.165) is 0 Å². The average Bonchev–Trinajstić information content (AvgIpc) is 2.92. The summed E-state index contributed by atoms with van der Waals surface area (Å²) in [6, 6.07) is 0. The van der Waals surface area contributed by atoms with Gasteiger partial charge < -0.3 is 29.4 Å². The maximum absolute atomic E-state index is 10.2. The Hall–Kier alpha value is 1.20. The molecule has 1 aliphatic carbocycles. The third-order valence-electron chi connectivity index (χ3n) is 3.29. The molecule has 2 rings (SSSR count). The Balaban J connectivity index is -0.000000379. The van der Waals surface area contributed by atoms with Crippen molar-refractivity contribution in [2.75, 3.05) is 19.3 Å². The molecule has 0 aromatic carbocycles. The number of hydrogen-bond acceptors (Lipinski definition) is 8. The van der Waals surface area contributed by atoms with Crippen molar-refractivity contribution in [2.24, 2.45) is 5.92 Å². The van der Waals surface area contributed by atoms with E-state index in [1.54, 1.807) is 22.2 Å². The van der Waals surface area contributed by atoms with Crippen molar-refractivity contribution < 1.29 is 116 Å². The molecule has 0 N–H and O–H groups in total. The van der Waals surface area contributed by atoms with E-state index in [0.29, 0.717) is 18.9 Å². The van der Waals surface area contributed by atoms with Crippen LogP contribution in [-0.2, 0) is 29.6 Å². The second kappa shape index (κ2) is 18.7. The summed E-state index contributed by atoms with van der Waals surface area (Å²) in [7, 11) is -2.25. The Bertz CT molecular complexity index is 551. The van der Waals surface area contributed by atoms with Gasteiger partial charge in [-0.1, -0.05) is 20.8 Å². The number of carbonyl (C=O) groups is 1. The molecule has 2 aliphatic rings. The van der Waals surface area contributed by atoms with Gasteiger partial charge in [0.1, 0.15) is 0 Å². The van der Waals surface area contributed by atoms with Crippen molar-refractivity contribution in [3.8, 4) is 0 Å². The van der Waals surface area contributed by atoms with Gasteiger partial charge in [-0.05, 0) is 56.0 Å². The molecule has 0 bridgehead atoms. The average molecular weight is 631 g/mol. The summed E-state index contributed by atoms with van der Waals surface area (Å²) < 4.78 is 30.7. The monoisotopic (exact) mass is 632 g/mol. The zero-order chi connectivity index (χ0) is 21.0. The van der Waals surface area contributed by atoms with Crippen molar-refractivity contribution >= 4 is 16.3 Å². The van der Waals surface area contributed by atoms with Gasteiger partial charge in [-0.2, -0.15) is 0 Å². The zero-order valence-electron chi connectivity index (χ0n) is 17.3. The Morgan fingerprint density at radius 1 is 1.14 bits per heavy atom. The summed E-state index contributed by atoms with van der Waals surface area (Å²) in [6.45, 7) is 9.94. The van der Waals surface area contributed by atoms with Gasteiger partial charge >= 0.3 is 88.4 Å². The molecule has 158 valence electrons. The molecule has 1 fully saturated rings. The van der Waals surface area contributed by atoms with Crippen molar-refractivity contribution in [3.05, 3.63) is 56.6 Å². The molecule has 11 heteroatoms. The van der Waals surface area contributed by atoms with Crippen LogP contribution in [0.2, 0.25) is 0 Å². The van der Waals surface area contributed by atoms with E-state index in [1.807, 2.05) is 7.05 Å². The molecule has 0 aromatic heterocycles. The molecular weight excluding hydrogens is 606 g/mol. The van der Waals surface area contributed by atoms with Crippen LogP contribution in [0.4, 0.5) is 4.79 Å². The third-order valence-corrected chi connectivity index (χ3v) is 4.08. The summed E-state index contributed by atoms with van der Waals surface area (Å²) >= 11 is 0.